The Kier molecular flexibility index (Phi) is 2.61. The van der Waals surface area contributed by atoms with E-state index in [0.29, 0.717) is 5.03 Å². The van der Waals surface area contributed by atoms with E-state index in [9.17, 15) is 4.79 Å². The Hall–Kier alpha value is 0.0800. The molecule has 13 heavy (non-hydrogen) atoms. The zero-order valence-electron chi connectivity index (χ0n) is 7.14. The van der Waals surface area contributed by atoms with Gasteiger partial charge in [0, 0.05) is 21.9 Å². The van der Waals surface area contributed by atoms with Crippen molar-refractivity contribution in [3.05, 3.63) is 10.6 Å². The summed E-state index contributed by atoms with van der Waals surface area (Å²) in [5, 5.41) is 9.20. The maximum absolute atomic E-state index is 10.9. The third-order valence-corrected chi connectivity index (χ3v) is 4.21. The number of aliphatic carboxylic acids is 1. The summed E-state index contributed by atoms with van der Waals surface area (Å²) in [7, 11) is 0. The maximum Gasteiger partial charge on any atom is 0.326 e. The van der Waals surface area contributed by atoms with Gasteiger partial charge in [0.15, 0.2) is 4.87 Å². The van der Waals surface area contributed by atoms with Crippen LogP contribution in [-0.2, 0) is 4.79 Å². The van der Waals surface area contributed by atoms with Crippen molar-refractivity contribution in [2.24, 2.45) is 11.3 Å². The van der Waals surface area contributed by atoms with E-state index in [0.717, 1.165) is 0 Å². The summed E-state index contributed by atoms with van der Waals surface area (Å²) in [6.07, 6.45) is 0. The summed E-state index contributed by atoms with van der Waals surface area (Å²) in [6.45, 7) is 3.50. The molecule has 0 aromatic carbocycles. The van der Waals surface area contributed by atoms with E-state index in [4.69, 9.17) is 39.9 Å². The lowest BCUT2D eigenvalue weighted by molar-refractivity contribution is -0.138. The van der Waals surface area contributed by atoms with Crippen LogP contribution in [0.3, 0.4) is 0 Å². The Morgan fingerprint density at radius 3 is 2.23 bits per heavy atom. The van der Waals surface area contributed by atoms with Crippen molar-refractivity contribution in [3.8, 4) is 0 Å². The highest BCUT2D eigenvalue weighted by Gasteiger charge is 2.76. The zero-order valence-corrected chi connectivity index (χ0v) is 9.41. The highest BCUT2D eigenvalue weighted by molar-refractivity contribution is 6.42. The standard InChI is InChI=1S/C8H9Cl3O2/c1-7(2)5(4(10)3-9)8(7,11)6(12)13/h3,5H,1-2H3,(H,12,13). The Balaban J connectivity index is 3.02. The number of carboxylic acids is 1. The Morgan fingerprint density at radius 1 is 1.54 bits per heavy atom. The van der Waals surface area contributed by atoms with Crippen LogP contribution in [0.25, 0.3) is 0 Å². The van der Waals surface area contributed by atoms with E-state index in [-0.39, 0.29) is 0 Å². The molecule has 1 rings (SSSR count). The molecule has 0 spiro atoms. The highest BCUT2D eigenvalue weighted by Crippen LogP contribution is 2.69. The molecule has 0 radical (unpaired) electrons. The molecule has 0 aromatic heterocycles. The number of carbonyl (C=O) groups is 1. The van der Waals surface area contributed by atoms with E-state index in [2.05, 4.69) is 0 Å². The summed E-state index contributed by atoms with van der Waals surface area (Å²) in [6, 6.07) is 0. The van der Waals surface area contributed by atoms with Crippen molar-refractivity contribution in [2.75, 3.05) is 0 Å². The summed E-state index contributed by atoms with van der Waals surface area (Å²) < 4.78 is 0. The van der Waals surface area contributed by atoms with Crippen LogP contribution in [0.15, 0.2) is 10.6 Å². The molecule has 2 unspecified atom stereocenters. The molecule has 2 atom stereocenters. The molecule has 1 aliphatic rings. The fourth-order valence-corrected chi connectivity index (χ4v) is 2.77. The lowest BCUT2D eigenvalue weighted by Gasteiger charge is -2.03. The molecule has 0 bridgehead atoms. The van der Waals surface area contributed by atoms with Crippen LogP contribution < -0.4 is 0 Å². The molecule has 0 amide bonds. The normalized spacial score (nSPS) is 37.3. The van der Waals surface area contributed by atoms with Gasteiger partial charge >= 0.3 is 5.97 Å². The molecule has 74 valence electrons. The fraction of sp³-hybridized carbons (Fsp3) is 0.625. The average Bonchev–Trinajstić information content (AvgIpc) is 2.47. The quantitative estimate of drug-likeness (QED) is 0.757. The topological polar surface area (TPSA) is 37.3 Å². The van der Waals surface area contributed by atoms with E-state index in [1.807, 2.05) is 0 Å². The summed E-state index contributed by atoms with van der Waals surface area (Å²) in [4.78, 5) is 9.56. The van der Waals surface area contributed by atoms with Gasteiger partial charge < -0.3 is 5.11 Å². The predicted molar refractivity (Wildman–Crippen MR) is 53.3 cm³/mol. The highest BCUT2D eigenvalue weighted by atomic mass is 35.5. The van der Waals surface area contributed by atoms with Crippen molar-refractivity contribution in [1.82, 2.24) is 0 Å². The second kappa shape index (κ2) is 3.04. The van der Waals surface area contributed by atoms with Crippen molar-refractivity contribution >= 4 is 40.8 Å². The van der Waals surface area contributed by atoms with Crippen molar-refractivity contribution in [2.45, 2.75) is 18.7 Å². The second-order valence-electron chi connectivity index (χ2n) is 3.67. The molecular formula is C8H9Cl3O2. The first-order chi connectivity index (χ1) is 5.80. The minimum absolute atomic E-state index is 0.295. The molecule has 5 heteroatoms. The Labute approximate surface area is 91.5 Å². The molecule has 1 N–H and O–H groups in total. The molecule has 2 nitrogen and oxygen atoms in total. The first kappa shape index (κ1) is 11.2. The number of hydrogen-bond donors (Lipinski definition) is 1. The van der Waals surface area contributed by atoms with Crippen molar-refractivity contribution < 1.29 is 9.90 Å². The number of hydrogen-bond acceptors (Lipinski definition) is 1. The summed E-state index contributed by atoms with van der Waals surface area (Å²) in [5.74, 6) is -1.46. The van der Waals surface area contributed by atoms with Gasteiger partial charge in [0.2, 0.25) is 0 Å². The SMILES string of the molecule is CC1(C)C(C(Cl)=CCl)C1(Cl)C(=O)O. The molecule has 0 saturated heterocycles. The number of carboxylic acid groups (broad SMARTS) is 1. The van der Waals surface area contributed by atoms with Crippen molar-refractivity contribution in [1.29, 1.82) is 0 Å². The number of rotatable bonds is 2. The number of halogens is 3. The van der Waals surface area contributed by atoms with Crippen LogP contribution in [0.4, 0.5) is 0 Å². The molecular weight excluding hydrogens is 234 g/mol. The van der Waals surface area contributed by atoms with Gasteiger partial charge in [0.1, 0.15) is 0 Å². The minimum Gasteiger partial charge on any atom is -0.480 e. The van der Waals surface area contributed by atoms with Crippen LogP contribution in [0.1, 0.15) is 13.8 Å². The van der Waals surface area contributed by atoms with E-state index in [1.165, 1.54) is 5.54 Å². The zero-order chi connectivity index (χ0) is 10.4. The molecule has 0 aromatic rings. The van der Waals surface area contributed by atoms with E-state index >= 15 is 0 Å². The summed E-state index contributed by atoms with van der Waals surface area (Å²) >= 11 is 17.1. The second-order valence-corrected chi connectivity index (χ2v) is 4.92. The Bertz CT molecular complexity index is 285. The first-order valence-corrected chi connectivity index (χ1v) is 4.87. The molecule has 0 heterocycles. The summed E-state index contributed by atoms with van der Waals surface area (Å²) in [5.41, 5.74) is 0.615. The van der Waals surface area contributed by atoms with Crippen LogP contribution in [0.5, 0.6) is 0 Å². The molecule has 1 saturated carbocycles. The van der Waals surface area contributed by atoms with Gasteiger partial charge in [-0.2, -0.15) is 0 Å². The lowest BCUT2D eigenvalue weighted by Crippen LogP contribution is -2.21. The molecule has 0 aliphatic heterocycles. The van der Waals surface area contributed by atoms with Gasteiger partial charge in [-0.3, -0.25) is 4.79 Å². The van der Waals surface area contributed by atoms with Gasteiger partial charge in [-0.1, -0.05) is 37.0 Å². The largest absolute Gasteiger partial charge is 0.480 e. The minimum atomic E-state index is -1.31. The van der Waals surface area contributed by atoms with Crippen LogP contribution in [-0.4, -0.2) is 16.0 Å². The van der Waals surface area contributed by atoms with Crippen LogP contribution in [0.2, 0.25) is 0 Å². The van der Waals surface area contributed by atoms with Gasteiger partial charge in [-0.25, -0.2) is 0 Å². The lowest BCUT2D eigenvalue weighted by atomic mass is 10.1. The van der Waals surface area contributed by atoms with E-state index < -0.39 is 22.2 Å². The van der Waals surface area contributed by atoms with Gasteiger partial charge in [-0.05, 0) is 0 Å². The third kappa shape index (κ3) is 1.27. The average molecular weight is 244 g/mol. The van der Waals surface area contributed by atoms with Crippen molar-refractivity contribution in [3.63, 3.8) is 0 Å². The molecule has 1 aliphatic carbocycles. The predicted octanol–water partition coefficient (Wildman–Crippen LogP) is 3.02. The van der Waals surface area contributed by atoms with Gasteiger partial charge in [0.25, 0.3) is 0 Å². The first-order valence-electron chi connectivity index (χ1n) is 3.68. The fourth-order valence-electron chi connectivity index (χ4n) is 1.71. The monoisotopic (exact) mass is 242 g/mol. The van der Waals surface area contributed by atoms with Crippen LogP contribution >= 0.6 is 34.8 Å². The number of alkyl halides is 1. The van der Waals surface area contributed by atoms with Gasteiger partial charge in [0.05, 0.1) is 0 Å². The van der Waals surface area contributed by atoms with Gasteiger partial charge in [-0.15, -0.1) is 11.6 Å². The maximum atomic E-state index is 10.9. The van der Waals surface area contributed by atoms with Crippen LogP contribution in [0, 0.1) is 11.3 Å². The third-order valence-electron chi connectivity index (χ3n) is 2.67. The smallest absolute Gasteiger partial charge is 0.326 e. The molecule has 1 fully saturated rings. The van der Waals surface area contributed by atoms with E-state index in [1.54, 1.807) is 13.8 Å². The Morgan fingerprint density at radius 2 is 2.00 bits per heavy atom. The number of allylic oxidation sites excluding steroid dienone is 1.